The molecule has 0 unspecified atom stereocenters. The van der Waals surface area contributed by atoms with Crippen LogP contribution in [-0.2, 0) is 14.3 Å². The van der Waals surface area contributed by atoms with E-state index in [2.05, 4.69) is 11.3 Å². The van der Waals surface area contributed by atoms with Gasteiger partial charge in [-0.3, -0.25) is 0 Å². The third-order valence-corrected chi connectivity index (χ3v) is 0.895. The minimum absolute atomic E-state index is 0.428. The number of esters is 1. The predicted molar refractivity (Wildman–Crippen MR) is 53.3 cm³/mol. The van der Waals surface area contributed by atoms with E-state index in [9.17, 15) is 4.79 Å². The van der Waals surface area contributed by atoms with Gasteiger partial charge in [0.2, 0.25) is 0 Å². The van der Waals surface area contributed by atoms with Gasteiger partial charge in [0.25, 0.3) is 0 Å². The summed E-state index contributed by atoms with van der Waals surface area (Å²) in [5, 5.41) is 0. The van der Waals surface area contributed by atoms with Gasteiger partial charge in [-0.05, 0) is 20.8 Å². The summed E-state index contributed by atoms with van der Waals surface area (Å²) in [7, 11) is 0. The normalized spacial score (nSPS) is 8.85. The summed E-state index contributed by atoms with van der Waals surface area (Å²) in [4.78, 5) is 10.2. The fourth-order valence-corrected chi connectivity index (χ4v) is 0.387. The Kier molecular flexibility index (Phi) is 15.0. The quantitative estimate of drug-likeness (QED) is 0.384. The number of allylic oxidation sites excluding steroid dienone is 1. The van der Waals surface area contributed by atoms with E-state index in [1.807, 2.05) is 13.8 Å². The lowest BCUT2D eigenvalue weighted by Crippen LogP contribution is -1.90. The van der Waals surface area contributed by atoms with Gasteiger partial charge in [-0.15, -0.1) is 0 Å². The molecule has 0 bridgehead atoms. The molecule has 0 spiro atoms. The minimum Gasteiger partial charge on any atom is -0.432 e. The van der Waals surface area contributed by atoms with E-state index in [4.69, 9.17) is 4.74 Å². The van der Waals surface area contributed by atoms with Gasteiger partial charge in [0, 0.05) is 19.3 Å². The maximum absolute atomic E-state index is 10.2. The molecule has 0 atom stereocenters. The van der Waals surface area contributed by atoms with Gasteiger partial charge in [-0.2, -0.15) is 0 Å². The topological polar surface area (TPSA) is 35.5 Å². The lowest BCUT2D eigenvalue weighted by Gasteiger charge is -1.86. The number of carbonyl (C=O) groups is 1. The Morgan fingerprint density at radius 2 is 1.92 bits per heavy atom. The first-order chi connectivity index (χ1) is 6.22. The van der Waals surface area contributed by atoms with E-state index in [0.717, 1.165) is 19.3 Å². The number of hydrogen-bond acceptors (Lipinski definition) is 3. The van der Waals surface area contributed by atoms with Crippen molar-refractivity contribution in [3.05, 3.63) is 25.0 Å². The van der Waals surface area contributed by atoms with Crippen molar-refractivity contribution in [1.82, 2.24) is 0 Å². The van der Waals surface area contributed by atoms with Crippen LogP contribution < -0.4 is 0 Å². The minimum atomic E-state index is -0.428. The first-order valence-corrected chi connectivity index (χ1v) is 4.24. The summed E-state index contributed by atoms with van der Waals surface area (Å²) in [6.07, 6.45) is 4.05. The summed E-state index contributed by atoms with van der Waals surface area (Å²) in [6.45, 7) is 10.6. The first kappa shape index (κ1) is 14.4. The highest BCUT2D eigenvalue weighted by Gasteiger charge is 1.85. The van der Waals surface area contributed by atoms with Crippen molar-refractivity contribution in [1.29, 1.82) is 0 Å². The molecule has 0 aliphatic heterocycles. The fraction of sp³-hybridized carbons (Fsp3) is 0.500. The summed E-state index contributed by atoms with van der Waals surface area (Å²) in [5.41, 5.74) is 0. The first-order valence-electron chi connectivity index (χ1n) is 4.24. The van der Waals surface area contributed by atoms with Crippen molar-refractivity contribution in [3.8, 4) is 0 Å². The van der Waals surface area contributed by atoms with Crippen molar-refractivity contribution in [2.24, 2.45) is 0 Å². The zero-order valence-electron chi connectivity index (χ0n) is 8.58. The molecular formula is C10H18O3. The molecule has 0 aromatic carbocycles. The Morgan fingerprint density at radius 3 is 2.15 bits per heavy atom. The van der Waals surface area contributed by atoms with E-state index < -0.39 is 5.97 Å². The Bertz CT molecular complexity index is 148. The van der Waals surface area contributed by atoms with E-state index >= 15 is 0 Å². The summed E-state index contributed by atoms with van der Waals surface area (Å²) >= 11 is 0. The molecule has 0 N–H and O–H groups in total. The standard InChI is InChI=1S/C6H8O2.C4H10O/c1-3-5-8-6(7)4-2;1-3-5-4-2/h3-5H,2H2,1H3;3-4H2,1-2H3/b5-3-;. The van der Waals surface area contributed by atoms with Gasteiger partial charge in [-0.25, -0.2) is 4.79 Å². The Balaban J connectivity index is 0. The highest BCUT2D eigenvalue weighted by Crippen LogP contribution is 1.78. The predicted octanol–water partition coefficient (Wildman–Crippen LogP) is 2.29. The molecule has 0 rings (SSSR count). The molecule has 76 valence electrons. The molecule has 0 aliphatic rings. The molecule has 0 saturated heterocycles. The largest absolute Gasteiger partial charge is 0.432 e. The fourth-order valence-electron chi connectivity index (χ4n) is 0.387. The van der Waals surface area contributed by atoms with Crippen LogP contribution in [0.2, 0.25) is 0 Å². The van der Waals surface area contributed by atoms with Gasteiger partial charge in [0.1, 0.15) is 0 Å². The van der Waals surface area contributed by atoms with Crippen LogP contribution in [0.1, 0.15) is 20.8 Å². The monoisotopic (exact) mass is 186 g/mol. The summed E-state index contributed by atoms with van der Waals surface area (Å²) < 4.78 is 9.24. The highest BCUT2D eigenvalue weighted by atomic mass is 16.5. The number of ether oxygens (including phenoxy) is 2. The molecule has 0 aromatic rings. The zero-order chi connectivity index (χ0) is 10.5. The lowest BCUT2D eigenvalue weighted by atomic mass is 10.6. The SMILES string of the molecule is C=CC(=O)O/C=C\C.CCOCC. The van der Waals surface area contributed by atoms with Crippen LogP contribution in [-0.4, -0.2) is 19.2 Å². The number of rotatable bonds is 4. The van der Waals surface area contributed by atoms with Gasteiger partial charge in [-0.1, -0.05) is 12.7 Å². The molecule has 0 aliphatic carbocycles. The smallest absolute Gasteiger partial charge is 0.334 e. The van der Waals surface area contributed by atoms with Gasteiger partial charge >= 0.3 is 5.97 Å². The van der Waals surface area contributed by atoms with E-state index in [1.165, 1.54) is 6.26 Å². The summed E-state index contributed by atoms with van der Waals surface area (Å²) in [6, 6.07) is 0. The van der Waals surface area contributed by atoms with Crippen LogP contribution in [0, 0.1) is 0 Å². The molecule has 0 radical (unpaired) electrons. The van der Waals surface area contributed by atoms with Gasteiger partial charge < -0.3 is 9.47 Å². The number of hydrogen-bond donors (Lipinski definition) is 0. The van der Waals surface area contributed by atoms with Crippen LogP contribution in [0.4, 0.5) is 0 Å². The highest BCUT2D eigenvalue weighted by molar-refractivity contribution is 5.81. The summed E-state index contributed by atoms with van der Waals surface area (Å²) in [5.74, 6) is -0.428. The lowest BCUT2D eigenvalue weighted by molar-refractivity contribution is -0.132. The maximum Gasteiger partial charge on any atom is 0.334 e. The van der Waals surface area contributed by atoms with Crippen LogP contribution in [0.25, 0.3) is 0 Å². The molecule has 3 heteroatoms. The van der Waals surface area contributed by atoms with Crippen LogP contribution >= 0.6 is 0 Å². The second kappa shape index (κ2) is 13.5. The van der Waals surface area contributed by atoms with Gasteiger partial charge in [0.05, 0.1) is 6.26 Å². The van der Waals surface area contributed by atoms with Crippen LogP contribution in [0.3, 0.4) is 0 Å². The van der Waals surface area contributed by atoms with Gasteiger partial charge in [0.15, 0.2) is 0 Å². The average molecular weight is 186 g/mol. The molecule has 0 heterocycles. The second-order valence-electron chi connectivity index (χ2n) is 1.89. The molecule has 0 saturated carbocycles. The molecule has 13 heavy (non-hydrogen) atoms. The Hall–Kier alpha value is -1.09. The maximum atomic E-state index is 10.2. The zero-order valence-corrected chi connectivity index (χ0v) is 8.58. The third kappa shape index (κ3) is 18.1. The third-order valence-electron chi connectivity index (χ3n) is 0.895. The van der Waals surface area contributed by atoms with Crippen molar-refractivity contribution in [2.75, 3.05) is 13.2 Å². The van der Waals surface area contributed by atoms with E-state index in [1.54, 1.807) is 13.0 Å². The van der Waals surface area contributed by atoms with Crippen LogP contribution in [0.15, 0.2) is 25.0 Å². The molecule has 0 aromatic heterocycles. The van der Waals surface area contributed by atoms with E-state index in [0.29, 0.717) is 0 Å². The van der Waals surface area contributed by atoms with Crippen molar-refractivity contribution in [3.63, 3.8) is 0 Å². The molecule has 0 fully saturated rings. The van der Waals surface area contributed by atoms with Crippen LogP contribution in [0.5, 0.6) is 0 Å². The Labute approximate surface area is 80.0 Å². The molecular weight excluding hydrogens is 168 g/mol. The molecule has 3 nitrogen and oxygen atoms in total. The van der Waals surface area contributed by atoms with Crippen molar-refractivity contribution < 1.29 is 14.3 Å². The average Bonchev–Trinajstić information content (AvgIpc) is 2.16. The molecule has 0 amide bonds. The second-order valence-corrected chi connectivity index (χ2v) is 1.89. The van der Waals surface area contributed by atoms with Crippen molar-refractivity contribution in [2.45, 2.75) is 20.8 Å². The number of carbonyl (C=O) groups excluding carboxylic acids is 1. The van der Waals surface area contributed by atoms with Crippen molar-refractivity contribution >= 4 is 5.97 Å². The van der Waals surface area contributed by atoms with E-state index in [-0.39, 0.29) is 0 Å². The Morgan fingerprint density at radius 1 is 1.38 bits per heavy atom.